The second-order valence-corrected chi connectivity index (χ2v) is 8.22. The van der Waals surface area contributed by atoms with Crippen molar-refractivity contribution in [2.75, 3.05) is 0 Å². The van der Waals surface area contributed by atoms with E-state index in [2.05, 4.69) is 20.7 Å². The van der Waals surface area contributed by atoms with E-state index in [1.54, 1.807) is 69.3 Å². The average Bonchev–Trinajstić information content (AvgIpc) is 3.17. The van der Waals surface area contributed by atoms with Gasteiger partial charge in [-0.3, -0.25) is 0 Å². The van der Waals surface area contributed by atoms with E-state index >= 15 is 0 Å². The molecule has 0 saturated heterocycles. The molecule has 10 nitrogen and oxygen atoms in total. The Hall–Kier alpha value is -3.66. The number of hydrogen-bond donors (Lipinski definition) is 2. The van der Waals surface area contributed by atoms with E-state index in [0.29, 0.717) is 27.9 Å². The van der Waals surface area contributed by atoms with Gasteiger partial charge >= 0.3 is 12.1 Å². The Morgan fingerprint density at radius 2 is 1.69 bits per heavy atom. The topological polar surface area (TPSA) is 128 Å². The zero-order chi connectivity index (χ0) is 23.3. The molecular formula is C21H22ClN5O5. The molecule has 0 aliphatic carbocycles. The van der Waals surface area contributed by atoms with Gasteiger partial charge < -0.3 is 19.9 Å². The van der Waals surface area contributed by atoms with Gasteiger partial charge in [-0.25, -0.2) is 9.59 Å². The standard InChI is InChI=1S/C21H22ClN5O5/c1-21(2,3)32-20(30)23-17(19(28)29)12-27-25-18(24-26-27)13-4-8-15(9-5-13)31-16-10-6-14(22)7-11-16/h4-11,17H,12H2,1-3H3,(H,23,30)(H,28,29)/t17-/m0/s1. The fraction of sp³-hybridized carbons (Fsp3) is 0.286. The van der Waals surface area contributed by atoms with E-state index in [9.17, 15) is 14.7 Å². The number of nitrogens with zero attached hydrogens (tertiary/aromatic N) is 4. The number of rotatable bonds is 7. The number of aromatic nitrogens is 4. The summed E-state index contributed by atoms with van der Waals surface area (Å²) >= 11 is 5.87. The predicted molar refractivity (Wildman–Crippen MR) is 116 cm³/mol. The highest BCUT2D eigenvalue weighted by molar-refractivity contribution is 6.30. The van der Waals surface area contributed by atoms with E-state index in [0.717, 1.165) is 4.80 Å². The van der Waals surface area contributed by atoms with Gasteiger partial charge in [-0.2, -0.15) is 4.80 Å². The number of ether oxygens (including phenoxy) is 2. The molecule has 168 valence electrons. The monoisotopic (exact) mass is 459 g/mol. The molecule has 0 radical (unpaired) electrons. The van der Waals surface area contributed by atoms with Crippen LogP contribution in [0.15, 0.2) is 48.5 Å². The summed E-state index contributed by atoms with van der Waals surface area (Å²) in [4.78, 5) is 24.5. The van der Waals surface area contributed by atoms with Crippen LogP contribution in [-0.4, -0.2) is 49.0 Å². The van der Waals surface area contributed by atoms with Crippen molar-refractivity contribution in [3.05, 3.63) is 53.6 Å². The van der Waals surface area contributed by atoms with Gasteiger partial charge in [0.25, 0.3) is 0 Å². The molecule has 0 aliphatic rings. The summed E-state index contributed by atoms with van der Waals surface area (Å²) < 4.78 is 10.8. The van der Waals surface area contributed by atoms with Crippen molar-refractivity contribution in [3.63, 3.8) is 0 Å². The summed E-state index contributed by atoms with van der Waals surface area (Å²) in [6.07, 6.45) is -0.846. The number of aliphatic carboxylic acids is 1. The van der Waals surface area contributed by atoms with Gasteiger partial charge in [-0.1, -0.05) is 11.6 Å². The van der Waals surface area contributed by atoms with Crippen molar-refractivity contribution in [3.8, 4) is 22.9 Å². The van der Waals surface area contributed by atoms with Gasteiger partial charge in [0.15, 0.2) is 6.04 Å². The molecule has 32 heavy (non-hydrogen) atoms. The first kappa shape index (κ1) is 23.0. The third kappa shape index (κ3) is 6.67. The van der Waals surface area contributed by atoms with Crippen LogP contribution in [0.4, 0.5) is 4.79 Å². The molecule has 0 saturated carbocycles. The largest absolute Gasteiger partial charge is 0.480 e. The normalized spacial score (nSPS) is 12.1. The van der Waals surface area contributed by atoms with Gasteiger partial charge in [-0.15, -0.1) is 10.2 Å². The highest BCUT2D eigenvalue weighted by atomic mass is 35.5. The summed E-state index contributed by atoms with van der Waals surface area (Å²) in [6.45, 7) is 4.82. The lowest BCUT2D eigenvalue weighted by atomic mass is 10.2. The smallest absolute Gasteiger partial charge is 0.408 e. The first-order valence-corrected chi connectivity index (χ1v) is 10.0. The number of carbonyl (C=O) groups excluding carboxylic acids is 1. The predicted octanol–water partition coefficient (Wildman–Crippen LogP) is 3.76. The van der Waals surface area contributed by atoms with E-state index in [1.807, 2.05) is 0 Å². The number of carbonyl (C=O) groups is 2. The van der Waals surface area contributed by atoms with Crippen LogP contribution in [0.25, 0.3) is 11.4 Å². The summed E-state index contributed by atoms with van der Waals surface area (Å²) in [7, 11) is 0. The van der Waals surface area contributed by atoms with Gasteiger partial charge in [0.05, 0.1) is 6.54 Å². The molecule has 11 heteroatoms. The molecule has 2 N–H and O–H groups in total. The van der Waals surface area contributed by atoms with Crippen LogP contribution in [0.3, 0.4) is 0 Å². The van der Waals surface area contributed by atoms with E-state index in [-0.39, 0.29) is 6.54 Å². The first-order valence-electron chi connectivity index (χ1n) is 9.63. The third-order valence-electron chi connectivity index (χ3n) is 3.95. The third-order valence-corrected chi connectivity index (χ3v) is 4.20. The molecular weight excluding hydrogens is 438 g/mol. The van der Waals surface area contributed by atoms with Crippen LogP contribution in [0, 0.1) is 0 Å². The summed E-state index contributed by atoms with van der Waals surface area (Å²) in [5.74, 6) is 0.294. The molecule has 0 unspecified atom stereocenters. The number of nitrogens with one attached hydrogen (secondary N) is 1. The van der Waals surface area contributed by atoms with Crippen molar-refractivity contribution in [1.29, 1.82) is 0 Å². The fourth-order valence-electron chi connectivity index (χ4n) is 2.55. The number of carboxylic acid groups (broad SMARTS) is 1. The molecule has 1 aromatic heterocycles. The Morgan fingerprint density at radius 3 is 2.25 bits per heavy atom. The Kier molecular flexibility index (Phi) is 6.94. The maximum Gasteiger partial charge on any atom is 0.408 e. The summed E-state index contributed by atoms with van der Waals surface area (Å²) in [6, 6.07) is 12.7. The second kappa shape index (κ2) is 9.65. The van der Waals surface area contributed by atoms with Crippen LogP contribution in [-0.2, 0) is 16.1 Å². The Morgan fingerprint density at radius 1 is 1.09 bits per heavy atom. The number of carboxylic acids is 1. The van der Waals surface area contributed by atoms with Gasteiger partial charge in [-0.05, 0) is 74.5 Å². The van der Waals surface area contributed by atoms with E-state index in [4.69, 9.17) is 21.1 Å². The molecule has 0 bridgehead atoms. The Bertz CT molecular complexity index is 1080. The minimum atomic E-state index is -1.29. The van der Waals surface area contributed by atoms with Gasteiger partial charge in [0, 0.05) is 10.6 Å². The lowest BCUT2D eigenvalue weighted by Gasteiger charge is -2.21. The van der Waals surface area contributed by atoms with Crippen LogP contribution < -0.4 is 10.1 Å². The molecule has 0 spiro atoms. The number of halogens is 1. The second-order valence-electron chi connectivity index (χ2n) is 7.79. The molecule has 0 aliphatic heterocycles. The van der Waals surface area contributed by atoms with Gasteiger partial charge in [0.1, 0.15) is 17.1 Å². The Labute approximate surface area is 189 Å². The molecule has 2 aromatic carbocycles. The molecule has 1 amide bonds. The maximum absolute atomic E-state index is 11.9. The Balaban J connectivity index is 1.64. The lowest BCUT2D eigenvalue weighted by Crippen LogP contribution is -2.46. The van der Waals surface area contributed by atoms with Crippen LogP contribution in [0.5, 0.6) is 11.5 Å². The molecule has 3 aromatic rings. The number of amides is 1. The highest BCUT2D eigenvalue weighted by Gasteiger charge is 2.25. The van der Waals surface area contributed by atoms with Crippen molar-refractivity contribution in [2.24, 2.45) is 0 Å². The quantitative estimate of drug-likeness (QED) is 0.546. The lowest BCUT2D eigenvalue weighted by molar-refractivity contribution is -0.140. The molecule has 3 rings (SSSR count). The number of hydrogen-bond acceptors (Lipinski definition) is 7. The van der Waals surface area contributed by atoms with Gasteiger partial charge in [0.2, 0.25) is 5.82 Å². The van der Waals surface area contributed by atoms with E-state index < -0.39 is 23.7 Å². The molecule has 1 heterocycles. The van der Waals surface area contributed by atoms with Crippen molar-refractivity contribution in [2.45, 2.75) is 39.0 Å². The minimum absolute atomic E-state index is 0.223. The van der Waals surface area contributed by atoms with Crippen LogP contribution in [0.2, 0.25) is 5.02 Å². The molecule has 0 fully saturated rings. The van der Waals surface area contributed by atoms with E-state index in [1.165, 1.54) is 0 Å². The van der Waals surface area contributed by atoms with Crippen molar-refractivity contribution in [1.82, 2.24) is 25.5 Å². The zero-order valence-corrected chi connectivity index (χ0v) is 18.4. The summed E-state index contributed by atoms with van der Waals surface area (Å²) in [5.41, 5.74) is -0.0957. The minimum Gasteiger partial charge on any atom is -0.480 e. The number of alkyl carbamates (subject to hydrolysis) is 1. The SMILES string of the molecule is CC(C)(C)OC(=O)N[C@@H](Cn1nnc(-c2ccc(Oc3ccc(Cl)cc3)cc2)n1)C(=O)O. The number of tetrazole rings is 1. The average molecular weight is 460 g/mol. The number of benzene rings is 2. The van der Waals surface area contributed by atoms with Crippen LogP contribution in [0.1, 0.15) is 20.8 Å². The van der Waals surface area contributed by atoms with Crippen molar-refractivity contribution < 1.29 is 24.2 Å². The highest BCUT2D eigenvalue weighted by Crippen LogP contribution is 2.25. The van der Waals surface area contributed by atoms with Crippen LogP contribution >= 0.6 is 11.6 Å². The van der Waals surface area contributed by atoms with Crippen molar-refractivity contribution >= 4 is 23.7 Å². The summed E-state index contributed by atoms with van der Waals surface area (Å²) in [5, 5.41) is 24.3. The molecule has 1 atom stereocenters. The zero-order valence-electron chi connectivity index (χ0n) is 17.7. The first-order chi connectivity index (χ1) is 15.1. The maximum atomic E-state index is 11.9. The fourth-order valence-corrected chi connectivity index (χ4v) is 2.67.